The highest BCUT2D eigenvalue weighted by Gasteiger charge is 2.32. The Bertz CT molecular complexity index is 898. The molecular weight excluding hydrogens is 370 g/mol. The molecule has 1 atom stereocenters. The maximum Gasteiger partial charge on any atom is 0.240 e. The van der Waals surface area contributed by atoms with Gasteiger partial charge in [-0.3, -0.25) is 9.59 Å². The highest BCUT2D eigenvalue weighted by Crippen LogP contribution is 2.27. The molecule has 7 heteroatoms. The topological polar surface area (TPSA) is 70.6 Å². The van der Waals surface area contributed by atoms with Gasteiger partial charge in [-0.2, -0.15) is 0 Å². The zero-order chi connectivity index (χ0) is 18.7. The number of anilines is 1. The number of amides is 2. The summed E-state index contributed by atoms with van der Waals surface area (Å²) < 4.78 is 0. The van der Waals surface area contributed by atoms with Crippen LogP contribution in [0.2, 0.25) is 5.02 Å². The third-order valence-electron chi connectivity index (χ3n) is 3.84. The fourth-order valence-electron chi connectivity index (χ4n) is 2.49. The third-order valence-corrected chi connectivity index (χ3v) is 5.16. The molecule has 0 radical (unpaired) electrons. The van der Waals surface area contributed by atoms with Crippen LogP contribution in [0.25, 0.3) is 0 Å². The van der Waals surface area contributed by atoms with Gasteiger partial charge in [-0.1, -0.05) is 41.6 Å². The summed E-state index contributed by atoms with van der Waals surface area (Å²) in [7, 11) is 0. The van der Waals surface area contributed by atoms with Crippen LogP contribution in [0.15, 0.2) is 47.5 Å². The quantitative estimate of drug-likeness (QED) is 0.825. The summed E-state index contributed by atoms with van der Waals surface area (Å²) in [5.41, 5.74) is 3.55. The van der Waals surface area contributed by atoms with Gasteiger partial charge in [0.2, 0.25) is 11.8 Å². The Morgan fingerprint density at radius 3 is 2.85 bits per heavy atom. The van der Waals surface area contributed by atoms with E-state index < -0.39 is 5.25 Å². The van der Waals surface area contributed by atoms with Gasteiger partial charge in [-0.05, 0) is 49.2 Å². The van der Waals surface area contributed by atoms with Crippen LogP contribution in [-0.4, -0.2) is 22.2 Å². The molecule has 5 nitrogen and oxygen atoms in total. The Balaban J connectivity index is 1.65. The van der Waals surface area contributed by atoms with Crippen LogP contribution < -0.4 is 10.6 Å². The van der Waals surface area contributed by atoms with Crippen LogP contribution >= 0.6 is 23.4 Å². The molecule has 26 heavy (non-hydrogen) atoms. The summed E-state index contributed by atoms with van der Waals surface area (Å²) in [5.74, 6) is -0.451. The normalized spacial score (nSPS) is 18.0. The van der Waals surface area contributed by atoms with Crippen LogP contribution in [-0.2, 0) is 9.59 Å². The van der Waals surface area contributed by atoms with Crippen molar-refractivity contribution < 1.29 is 9.59 Å². The largest absolute Gasteiger partial charge is 0.326 e. The molecule has 2 aromatic rings. The average Bonchev–Trinajstić information content (AvgIpc) is 2.90. The first-order valence-corrected chi connectivity index (χ1v) is 9.35. The van der Waals surface area contributed by atoms with E-state index in [4.69, 9.17) is 11.6 Å². The maximum atomic E-state index is 12.2. The first-order chi connectivity index (χ1) is 12.4. The van der Waals surface area contributed by atoms with E-state index in [1.54, 1.807) is 24.3 Å². The number of hydrogen-bond donors (Lipinski definition) is 2. The first kappa shape index (κ1) is 18.5. The molecule has 0 saturated carbocycles. The molecule has 3 rings (SSSR count). The lowest BCUT2D eigenvalue weighted by Crippen LogP contribution is -2.28. The summed E-state index contributed by atoms with van der Waals surface area (Å²) in [6, 6.07) is 12.9. The van der Waals surface area contributed by atoms with E-state index >= 15 is 0 Å². The Hall–Kier alpha value is -2.31. The number of amidine groups is 1. The summed E-state index contributed by atoms with van der Waals surface area (Å²) >= 11 is 7.18. The van der Waals surface area contributed by atoms with Gasteiger partial charge in [-0.25, -0.2) is 4.99 Å². The molecule has 1 fully saturated rings. The molecule has 0 aromatic heterocycles. The number of aryl methyl sites for hydroxylation is 2. The Labute approximate surface area is 161 Å². The highest BCUT2D eigenvalue weighted by atomic mass is 35.5. The number of nitrogens with zero attached hydrogens (tertiary/aromatic N) is 1. The van der Waals surface area contributed by atoms with Gasteiger partial charge in [-0.15, -0.1) is 0 Å². The lowest BCUT2D eigenvalue weighted by molar-refractivity contribution is -0.122. The predicted molar refractivity (Wildman–Crippen MR) is 107 cm³/mol. The second-order valence-electron chi connectivity index (χ2n) is 6.07. The van der Waals surface area contributed by atoms with E-state index in [9.17, 15) is 9.59 Å². The number of halogens is 1. The number of aliphatic imine (C=N–C) groups is 1. The van der Waals surface area contributed by atoms with E-state index in [-0.39, 0.29) is 18.2 Å². The lowest BCUT2D eigenvalue weighted by atomic mass is 10.1. The molecule has 2 aromatic carbocycles. The van der Waals surface area contributed by atoms with Gasteiger partial charge in [0.05, 0.1) is 5.69 Å². The number of thioether (sulfide) groups is 1. The summed E-state index contributed by atoms with van der Waals surface area (Å²) in [6.07, 6.45) is 0.0643. The Kier molecular flexibility index (Phi) is 5.64. The van der Waals surface area contributed by atoms with E-state index in [0.717, 1.165) is 16.8 Å². The van der Waals surface area contributed by atoms with Gasteiger partial charge in [0, 0.05) is 17.1 Å². The van der Waals surface area contributed by atoms with E-state index in [2.05, 4.69) is 15.6 Å². The number of carbonyl (C=O) groups is 2. The second kappa shape index (κ2) is 7.93. The third kappa shape index (κ3) is 4.65. The number of carbonyl (C=O) groups excluding carboxylic acids is 2. The minimum Gasteiger partial charge on any atom is -0.326 e. The molecule has 0 bridgehead atoms. The number of nitrogens with one attached hydrogen (secondary N) is 2. The fourth-order valence-corrected chi connectivity index (χ4v) is 3.66. The van der Waals surface area contributed by atoms with Gasteiger partial charge >= 0.3 is 0 Å². The molecule has 0 aliphatic carbocycles. The maximum absolute atomic E-state index is 12.2. The molecule has 1 saturated heterocycles. The number of benzene rings is 2. The van der Waals surface area contributed by atoms with Crippen molar-refractivity contribution in [1.82, 2.24) is 5.32 Å². The van der Waals surface area contributed by atoms with Crippen LogP contribution in [0.5, 0.6) is 0 Å². The van der Waals surface area contributed by atoms with Crippen molar-refractivity contribution in [3.05, 3.63) is 58.6 Å². The smallest absolute Gasteiger partial charge is 0.240 e. The van der Waals surface area contributed by atoms with Crippen molar-refractivity contribution in [1.29, 1.82) is 0 Å². The molecule has 2 N–H and O–H groups in total. The Morgan fingerprint density at radius 1 is 1.27 bits per heavy atom. The molecule has 0 spiro atoms. The Morgan fingerprint density at radius 2 is 2.08 bits per heavy atom. The molecule has 1 heterocycles. The minimum absolute atomic E-state index is 0.0643. The molecule has 2 amide bonds. The monoisotopic (exact) mass is 387 g/mol. The van der Waals surface area contributed by atoms with E-state index in [0.29, 0.717) is 15.9 Å². The highest BCUT2D eigenvalue weighted by molar-refractivity contribution is 8.15. The van der Waals surface area contributed by atoms with E-state index in [1.165, 1.54) is 11.8 Å². The van der Waals surface area contributed by atoms with Gasteiger partial charge < -0.3 is 10.6 Å². The van der Waals surface area contributed by atoms with Crippen LogP contribution in [0.4, 0.5) is 11.4 Å². The van der Waals surface area contributed by atoms with Gasteiger partial charge in [0.25, 0.3) is 0 Å². The molecule has 134 valence electrons. The minimum atomic E-state index is -0.502. The predicted octanol–water partition coefficient (Wildman–Crippen LogP) is 4.20. The van der Waals surface area contributed by atoms with Crippen molar-refractivity contribution in [2.45, 2.75) is 25.5 Å². The van der Waals surface area contributed by atoms with E-state index in [1.807, 2.05) is 32.0 Å². The standard InChI is InChI=1S/C19H18ClN3O2S/c1-11-6-7-12(2)15(8-11)22-19-23-18(25)16(26-19)10-17(24)21-14-5-3-4-13(20)9-14/h3-9,16H,10H2,1-2H3,(H,21,24)(H,22,23,25)/t16-/m0/s1. The zero-order valence-corrected chi connectivity index (χ0v) is 15.9. The van der Waals surface area contributed by atoms with Crippen molar-refractivity contribution in [2.24, 2.45) is 4.99 Å². The molecule has 1 aliphatic heterocycles. The second-order valence-corrected chi connectivity index (χ2v) is 7.69. The first-order valence-electron chi connectivity index (χ1n) is 8.09. The number of hydrogen-bond acceptors (Lipinski definition) is 4. The zero-order valence-electron chi connectivity index (χ0n) is 14.4. The fraction of sp³-hybridized carbons (Fsp3) is 0.211. The SMILES string of the molecule is Cc1ccc(C)c(N=C2NC(=O)[C@H](CC(=O)Nc3cccc(Cl)c3)S2)c1. The summed E-state index contributed by atoms with van der Waals surface area (Å²) in [6.45, 7) is 3.96. The number of rotatable bonds is 4. The molecule has 1 aliphatic rings. The van der Waals surface area contributed by atoms with Crippen LogP contribution in [0.1, 0.15) is 17.5 Å². The van der Waals surface area contributed by atoms with Gasteiger partial charge in [0.15, 0.2) is 5.17 Å². The lowest BCUT2D eigenvalue weighted by Gasteiger charge is -2.07. The molecule has 0 unspecified atom stereocenters. The average molecular weight is 388 g/mol. The summed E-state index contributed by atoms with van der Waals surface area (Å²) in [5, 5.41) is 6.06. The molecular formula is C19H18ClN3O2S. The van der Waals surface area contributed by atoms with Crippen LogP contribution in [0.3, 0.4) is 0 Å². The van der Waals surface area contributed by atoms with Crippen molar-refractivity contribution in [3.63, 3.8) is 0 Å². The van der Waals surface area contributed by atoms with Gasteiger partial charge in [0.1, 0.15) is 5.25 Å². The van der Waals surface area contributed by atoms with Crippen molar-refractivity contribution in [3.8, 4) is 0 Å². The van der Waals surface area contributed by atoms with Crippen molar-refractivity contribution >= 4 is 51.7 Å². The summed E-state index contributed by atoms with van der Waals surface area (Å²) in [4.78, 5) is 28.9. The van der Waals surface area contributed by atoms with Crippen molar-refractivity contribution in [2.75, 3.05) is 5.32 Å². The van der Waals surface area contributed by atoms with Crippen LogP contribution in [0, 0.1) is 13.8 Å².